The Bertz CT molecular complexity index is 1650. The number of rotatable bonds is 12. The molecule has 0 saturated carbocycles. The highest BCUT2D eigenvalue weighted by atomic mass is 35.5. The van der Waals surface area contributed by atoms with Crippen molar-refractivity contribution in [3.8, 4) is 5.75 Å². The summed E-state index contributed by atoms with van der Waals surface area (Å²) < 4.78 is 34.2. The molecule has 0 bridgehead atoms. The van der Waals surface area contributed by atoms with Gasteiger partial charge in [-0.05, 0) is 59.7 Å². The van der Waals surface area contributed by atoms with Crippen LogP contribution in [0.4, 0.5) is 5.69 Å². The normalized spacial score (nSPS) is 11.8. The largest absolute Gasteiger partial charge is 0.497 e. The molecule has 1 N–H and O–H groups in total. The molecule has 0 aliphatic rings. The van der Waals surface area contributed by atoms with E-state index in [0.29, 0.717) is 16.3 Å². The molecular weight excluding hydrogens is 609 g/mol. The topological polar surface area (TPSA) is 96.0 Å². The molecule has 11 heteroatoms. The van der Waals surface area contributed by atoms with E-state index < -0.39 is 34.4 Å². The lowest BCUT2D eigenvalue weighted by atomic mass is 10.0. The van der Waals surface area contributed by atoms with Crippen molar-refractivity contribution in [2.75, 3.05) is 25.0 Å². The molecule has 8 nitrogen and oxygen atoms in total. The first-order valence-corrected chi connectivity index (χ1v) is 15.5. The summed E-state index contributed by atoms with van der Waals surface area (Å²) in [6.45, 7) is -0.602. The molecule has 0 unspecified atom stereocenters. The van der Waals surface area contributed by atoms with Gasteiger partial charge in [0.05, 0.1) is 27.7 Å². The summed E-state index contributed by atoms with van der Waals surface area (Å²) >= 11 is 12.4. The fraction of sp³-hybridized carbons (Fsp3) is 0.188. The minimum Gasteiger partial charge on any atom is -0.497 e. The van der Waals surface area contributed by atoms with E-state index in [9.17, 15) is 18.0 Å². The molecule has 43 heavy (non-hydrogen) atoms. The summed E-state index contributed by atoms with van der Waals surface area (Å²) in [7, 11) is -1.20. The second-order valence-electron chi connectivity index (χ2n) is 9.61. The number of hydrogen-bond donors (Lipinski definition) is 1. The third-order valence-electron chi connectivity index (χ3n) is 6.82. The molecule has 0 spiro atoms. The van der Waals surface area contributed by atoms with Crippen molar-refractivity contribution < 1.29 is 22.7 Å². The number of carbonyl (C=O) groups is 2. The van der Waals surface area contributed by atoms with Gasteiger partial charge in [0.2, 0.25) is 11.8 Å². The molecule has 0 heterocycles. The van der Waals surface area contributed by atoms with Crippen molar-refractivity contribution in [2.24, 2.45) is 0 Å². The minimum atomic E-state index is -4.19. The number of carbonyl (C=O) groups excluding carboxylic acids is 2. The Hall–Kier alpha value is -4.05. The van der Waals surface area contributed by atoms with E-state index in [0.717, 1.165) is 9.87 Å². The standard InChI is InChI=1S/C32H31Cl2N3O5S/c1-35-32(39)30(20-23-9-5-3-6-10-23)36(21-24-13-18-28(33)29(34)19-24)31(38)22-37(25-14-16-26(42-2)17-15-25)43(40,41)27-11-7-4-8-12-27/h3-19,30H,20-22H2,1-2H3,(H,35,39)/t30-/m1/s1. The number of sulfonamides is 1. The van der Waals surface area contributed by atoms with E-state index in [1.54, 1.807) is 60.7 Å². The first-order valence-electron chi connectivity index (χ1n) is 13.3. The molecule has 224 valence electrons. The number of methoxy groups -OCH3 is 1. The summed E-state index contributed by atoms with van der Waals surface area (Å²) in [5, 5.41) is 3.29. The highest BCUT2D eigenvalue weighted by molar-refractivity contribution is 7.92. The van der Waals surface area contributed by atoms with Crippen LogP contribution in [-0.2, 0) is 32.6 Å². The van der Waals surface area contributed by atoms with Crippen molar-refractivity contribution in [3.05, 3.63) is 124 Å². The second-order valence-corrected chi connectivity index (χ2v) is 12.3. The molecule has 4 aromatic carbocycles. The van der Waals surface area contributed by atoms with Crippen LogP contribution in [0.15, 0.2) is 108 Å². The number of benzene rings is 4. The number of hydrogen-bond acceptors (Lipinski definition) is 5. The fourth-order valence-corrected chi connectivity index (χ4v) is 6.31. The Balaban J connectivity index is 1.79. The molecule has 4 aromatic rings. The van der Waals surface area contributed by atoms with Gasteiger partial charge in [-0.25, -0.2) is 8.42 Å². The van der Waals surface area contributed by atoms with Gasteiger partial charge in [0.25, 0.3) is 10.0 Å². The second kappa shape index (κ2) is 14.4. The van der Waals surface area contributed by atoms with E-state index in [2.05, 4.69) is 5.32 Å². The van der Waals surface area contributed by atoms with Gasteiger partial charge in [-0.2, -0.15) is 0 Å². The fourth-order valence-electron chi connectivity index (χ4n) is 4.55. The number of nitrogens with zero attached hydrogens (tertiary/aromatic N) is 2. The SMILES string of the molecule is CNC(=O)[C@@H](Cc1ccccc1)N(Cc1ccc(Cl)c(Cl)c1)C(=O)CN(c1ccc(OC)cc1)S(=O)(=O)c1ccccc1. The minimum absolute atomic E-state index is 0.0155. The summed E-state index contributed by atoms with van der Waals surface area (Å²) in [6.07, 6.45) is 0.196. The number of ether oxygens (including phenoxy) is 1. The number of anilines is 1. The molecule has 0 aliphatic heterocycles. The van der Waals surface area contributed by atoms with E-state index >= 15 is 0 Å². The van der Waals surface area contributed by atoms with Crippen molar-refractivity contribution in [2.45, 2.75) is 23.9 Å². The Kier molecular flexibility index (Phi) is 10.7. The molecule has 0 saturated heterocycles. The Morgan fingerprint density at radius 2 is 1.47 bits per heavy atom. The lowest BCUT2D eigenvalue weighted by molar-refractivity contribution is -0.139. The maximum Gasteiger partial charge on any atom is 0.264 e. The lowest BCUT2D eigenvalue weighted by Crippen LogP contribution is -2.53. The van der Waals surface area contributed by atoms with Gasteiger partial charge in [0, 0.05) is 20.0 Å². The van der Waals surface area contributed by atoms with Crippen LogP contribution < -0.4 is 14.4 Å². The molecular formula is C32H31Cl2N3O5S. The van der Waals surface area contributed by atoms with E-state index in [-0.39, 0.29) is 28.6 Å². The van der Waals surface area contributed by atoms with Gasteiger partial charge in [0.1, 0.15) is 18.3 Å². The van der Waals surface area contributed by atoms with Crippen LogP contribution in [0.25, 0.3) is 0 Å². The highest BCUT2D eigenvalue weighted by Gasteiger charge is 2.34. The smallest absolute Gasteiger partial charge is 0.264 e. The molecule has 0 aromatic heterocycles. The van der Waals surface area contributed by atoms with Crippen LogP contribution in [0.1, 0.15) is 11.1 Å². The average Bonchev–Trinajstić information content (AvgIpc) is 3.03. The predicted octanol–water partition coefficient (Wildman–Crippen LogP) is 5.58. The number of halogens is 2. The average molecular weight is 641 g/mol. The summed E-state index contributed by atoms with van der Waals surface area (Å²) in [5.41, 5.74) is 1.70. The molecule has 1 atom stereocenters. The van der Waals surface area contributed by atoms with Crippen molar-refractivity contribution in [3.63, 3.8) is 0 Å². The number of likely N-dealkylation sites (N-methyl/N-ethyl adjacent to an activating group) is 1. The molecule has 0 aliphatic carbocycles. The zero-order valence-electron chi connectivity index (χ0n) is 23.6. The summed E-state index contributed by atoms with van der Waals surface area (Å²) in [4.78, 5) is 29.0. The predicted molar refractivity (Wildman–Crippen MR) is 169 cm³/mol. The zero-order valence-corrected chi connectivity index (χ0v) is 25.9. The van der Waals surface area contributed by atoms with Gasteiger partial charge in [-0.15, -0.1) is 0 Å². The van der Waals surface area contributed by atoms with Gasteiger partial charge < -0.3 is 15.0 Å². The van der Waals surface area contributed by atoms with Crippen LogP contribution in [-0.4, -0.2) is 51.9 Å². The van der Waals surface area contributed by atoms with Gasteiger partial charge in [0.15, 0.2) is 0 Å². The number of nitrogens with one attached hydrogen (secondary N) is 1. The highest BCUT2D eigenvalue weighted by Crippen LogP contribution is 2.28. The quantitative estimate of drug-likeness (QED) is 0.218. The monoisotopic (exact) mass is 639 g/mol. The van der Waals surface area contributed by atoms with Gasteiger partial charge in [-0.1, -0.05) is 77.8 Å². The maximum atomic E-state index is 14.3. The molecule has 0 fully saturated rings. The Morgan fingerprint density at radius 3 is 2.05 bits per heavy atom. The first-order chi connectivity index (χ1) is 20.6. The first kappa shape index (κ1) is 31.9. The van der Waals surface area contributed by atoms with Crippen LogP contribution in [0.5, 0.6) is 5.75 Å². The third-order valence-corrected chi connectivity index (χ3v) is 9.35. The van der Waals surface area contributed by atoms with Gasteiger partial charge in [-0.3, -0.25) is 13.9 Å². The zero-order chi connectivity index (χ0) is 31.0. The third kappa shape index (κ3) is 7.87. The molecule has 2 amide bonds. The summed E-state index contributed by atoms with van der Waals surface area (Å²) in [5.74, 6) is -0.471. The Labute approximate surface area is 261 Å². The Morgan fingerprint density at radius 1 is 0.837 bits per heavy atom. The van der Waals surface area contributed by atoms with E-state index in [1.807, 2.05) is 30.3 Å². The summed E-state index contributed by atoms with van der Waals surface area (Å²) in [6, 6.07) is 27.5. The van der Waals surface area contributed by atoms with Crippen molar-refractivity contribution in [1.82, 2.24) is 10.2 Å². The van der Waals surface area contributed by atoms with Crippen LogP contribution >= 0.6 is 23.2 Å². The van der Waals surface area contributed by atoms with Crippen LogP contribution in [0.2, 0.25) is 10.0 Å². The lowest BCUT2D eigenvalue weighted by Gasteiger charge is -2.33. The van der Waals surface area contributed by atoms with Gasteiger partial charge >= 0.3 is 0 Å². The van der Waals surface area contributed by atoms with Crippen LogP contribution in [0.3, 0.4) is 0 Å². The van der Waals surface area contributed by atoms with Crippen LogP contribution in [0, 0.1) is 0 Å². The van der Waals surface area contributed by atoms with Crippen molar-refractivity contribution in [1.29, 1.82) is 0 Å². The molecule has 4 rings (SSSR count). The van der Waals surface area contributed by atoms with Crippen molar-refractivity contribution >= 4 is 50.7 Å². The van der Waals surface area contributed by atoms with E-state index in [1.165, 1.54) is 31.2 Å². The molecule has 0 radical (unpaired) electrons. The van der Waals surface area contributed by atoms with E-state index in [4.69, 9.17) is 27.9 Å². The maximum absolute atomic E-state index is 14.3. The number of amides is 2.